The van der Waals surface area contributed by atoms with Crippen molar-refractivity contribution in [1.29, 1.82) is 0 Å². The van der Waals surface area contributed by atoms with Crippen molar-refractivity contribution >= 4 is 22.3 Å². The van der Waals surface area contributed by atoms with E-state index in [2.05, 4.69) is 39.9 Å². The molecule has 0 amide bonds. The summed E-state index contributed by atoms with van der Waals surface area (Å²) in [6.07, 6.45) is 1.75. The van der Waals surface area contributed by atoms with E-state index in [0.717, 1.165) is 45.2 Å². The third-order valence-electron chi connectivity index (χ3n) is 3.96. The van der Waals surface area contributed by atoms with E-state index >= 15 is 0 Å². The van der Waals surface area contributed by atoms with Gasteiger partial charge in [0.25, 0.3) is 0 Å². The maximum absolute atomic E-state index is 5.21. The lowest BCUT2D eigenvalue weighted by atomic mass is 10.2. The average molecular weight is 351 g/mol. The molecule has 4 rings (SSSR count). The van der Waals surface area contributed by atoms with Crippen molar-refractivity contribution in [2.24, 2.45) is 0 Å². The van der Waals surface area contributed by atoms with Gasteiger partial charge in [0, 0.05) is 34.6 Å². The van der Waals surface area contributed by atoms with Crippen LogP contribution in [0, 0.1) is 20.8 Å². The zero-order valence-electron chi connectivity index (χ0n) is 14.1. The molecular formula is C18H17N5OS. The molecule has 0 saturated heterocycles. The molecule has 0 radical (unpaired) electrons. The van der Waals surface area contributed by atoms with Crippen LogP contribution in [-0.2, 0) is 0 Å². The number of aromatic nitrogens is 4. The maximum atomic E-state index is 5.21. The molecule has 126 valence electrons. The standard InChI is InChI=1S/C18H17N5OS/c1-11-8-14(13(3)23(11)17-9-12(2)24-22-17)15-10-25-18(20-15)21-16-6-4-5-7-19-16/h4-10H,1-3H3,(H,19,20,21). The van der Waals surface area contributed by atoms with E-state index in [1.165, 1.54) is 0 Å². The highest BCUT2D eigenvalue weighted by Gasteiger charge is 2.16. The predicted octanol–water partition coefficient (Wildman–Crippen LogP) is 4.65. The van der Waals surface area contributed by atoms with Gasteiger partial charge in [0.15, 0.2) is 10.9 Å². The summed E-state index contributed by atoms with van der Waals surface area (Å²) in [5.74, 6) is 2.37. The van der Waals surface area contributed by atoms with Gasteiger partial charge in [-0.15, -0.1) is 11.3 Å². The van der Waals surface area contributed by atoms with Gasteiger partial charge in [-0.2, -0.15) is 0 Å². The molecule has 0 saturated carbocycles. The van der Waals surface area contributed by atoms with Gasteiger partial charge < -0.3 is 9.84 Å². The first kappa shape index (κ1) is 15.6. The summed E-state index contributed by atoms with van der Waals surface area (Å²) >= 11 is 1.56. The summed E-state index contributed by atoms with van der Waals surface area (Å²) in [5.41, 5.74) is 4.19. The van der Waals surface area contributed by atoms with Gasteiger partial charge in [-0.3, -0.25) is 4.57 Å². The number of thiazole rings is 1. The first-order chi connectivity index (χ1) is 12.1. The molecule has 0 atom stereocenters. The van der Waals surface area contributed by atoms with Crippen LogP contribution < -0.4 is 5.32 Å². The van der Waals surface area contributed by atoms with Gasteiger partial charge in [0.05, 0.1) is 5.69 Å². The largest absolute Gasteiger partial charge is 0.360 e. The number of pyridine rings is 1. The van der Waals surface area contributed by atoms with E-state index in [1.807, 2.05) is 36.6 Å². The van der Waals surface area contributed by atoms with E-state index < -0.39 is 0 Å². The molecule has 0 unspecified atom stereocenters. The summed E-state index contributed by atoms with van der Waals surface area (Å²) in [6.45, 7) is 6.01. The first-order valence-corrected chi connectivity index (χ1v) is 8.76. The van der Waals surface area contributed by atoms with E-state index in [9.17, 15) is 0 Å². The molecule has 25 heavy (non-hydrogen) atoms. The Morgan fingerprint density at radius 1 is 1.16 bits per heavy atom. The fraction of sp³-hybridized carbons (Fsp3) is 0.167. The van der Waals surface area contributed by atoms with E-state index in [0.29, 0.717) is 0 Å². The average Bonchev–Trinajstić information content (AvgIpc) is 3.29. The molecule has 0 aliphatic carbocycles. The van der Waals surface area contributed by atoms with Crippen LogP contribution in [0.2, 0.25) is 0 Å². The minimum absolute atomic E-state index is 0.784. The molecule has 0 bridgehead atoms. The lowest BCUT2D eigenvalue weighted by Gasteiger charge is -2.04. The van der Waals surface area contributed by atoms with Crippen LogP contribution in [0.15, 0.2) is 46.4 Å². The van der Waals surface area contributed by atoms with Gasteiger partial charge in [0.1, 0.15) is 11.6 Å². The van der Waals surface area contributed by atoms with Gasteiger partial charge in [-0.25, -0.2) is 9.97 Å². The van der Waals surface area contributed by atoms with Gasteiger partial charge in [0.2, 0.25) is 0 Å². The fourth-order valence-corrected chi connectivity index (χ4v) is 3.55. The maximum Gasteiger partial charge on any atom is 0.188 e. The second-order valence-corrected chi connectivity index (χ2v) is 6.65. The van der Waals surface area contributed by atoms with E-state index in [1.54, 1.807) is 17.5 Å². The number of nitrogens with one attached hydrogen (secondary N) is 1. The normalized spacial score (nSPS) is 11.0. The molecule has 4 heterocycles. The van der Waals surface area contributed by atoms with Crippen molar-refractivity contribution in [3.63, 3.8) is 0 Å². The number of anilines is 2. The predicted molar refractivity (Wildman–Crippen MR) is 98.7 cm³/mol. The van der Waals surface area contributed by atoms with Gasteiger partial charge in [-0.05, 0) is 39.0 Å². The van der Waals surface area contributed by atoms with Crippen molar-refractivity contribution in [2.45, 2.75) is 20.8 Å². The lowest BCUT2D eigenvalue weighted by Crippen LogP contribution is -1.99. The van der Waals surface area contributed by atoms with E-state index in [-0.39, 0.29) is 0 Å². The second kappa shape index (κ2) is 6.18. The molecule has 0 spiro atoms. The summed E-state index contributed by atoms with van der Waals surface area (Å²) in [4.78, 5) is 8.97. The molecule has 0 aliphatic heterocycles. The Morgan fingerprint density at radius 3 is 2.76 bits per heavy atom. The topological polar surface area (TPSA) is 68.8 Å². The monoisotopic (exact) mass is 351 g/mol. The number of hydrogen-bond acceptors (Lipinski definition) is 6. The molecule has 4 aromatic heterocycles. The number of aryl methyl sites for hydroxylation is 2. The van der Waals surface area contributed by atoms with Crippen LogP contribution in [0.3, 0.4) is 0 Å². The third-order valence-corrected chi connectivity index (χ3v) is 4.71. The van der Waals surface area contributed by atoms with Gasteiger partial charge in [-0.1, -0.05) is 11.2 Å². The number of nitrogens with zero attached hydrogens (tertiary/aromatic N) is 4. The molecule has 0 aliphatic rings. The SMILES string of the molecule is Cc1cc(-n2c(C)cc(-c3csc(Nc4ccccn4)n3)c2C)no1. The molecular weight excluding hydrogens is 334 g/mol. The van der Waals surface area contributed by atoms with Crippen LogP contribution >= 0.6 is 11.3 Å². The van der Waals surface area contributed by atoms with Crippen LogP contribution in [0.4, 0.5) is 10.9 Å². The lowest BCUT2D eigenvalue weighted by molar-refractivity contribution is 0.394. The number of rotatable bonds is 4. The molecule has 6 nitrogen and oxygen atoms in total. The Balaban J connectivity index is 1.67. The minimum atomic E-state index is 0.784. The molecule has 4 aromatic rings. The van der Waals surface area contributed by atoms with Crippen molar-refractivity contribution in [3.05, 3.63) is 59.1 Å². The second-order valence-electron chi connectivity index (χ2n) is 5.79. The van der Waals surface area contributed by atoms with Crippen molar-refractivity contribution in [2.75, 3.05) is 5.32 Å². The highest BCUT2D eigenvalue weighted by Crippen LogP contribution is 2.32. The first-order valence-electron chi connectivity index (χ1n) is 7.88. The van der Waals surface area contributed by atoms with E-state index in [4.69, 9.17) is 9.51 Å². The molecule has 1 N–H and O–H groups in total. The third kappa shape index (κ3) is 2.94. The van der Waals surface area contributed by atoms with Crippen molar-refractivity contribution in [3.8, 4) is 17.1 Å². The van der Waals surface area contributed by atoms with Crippen LogP contribution in [0.25, 0.3) is 17.1 Å². The quantitative estimate of drug-likeness (QED) is 0.579. The zero-order chi connectivity index (χ0) is 17.4. The van der Waals surface area contributed by atoms with Crippen molar-refractivity contribution in [1.82, 2.24) is 19.7 Å². The van der Waals surface area contributed by atoms with Crippen LogP contribution in [0.1, 0.15) is 17.1 Å². The Morgan fingerprint density at radius 2 is 2.04 bits per heavy atom. The highest BCUT2D eigenvalue weighted by atomic mass is 32.1. The molecule has 0 fully saturated rings. The smallest absolute Gasteiger partial charge is 0.188 e. The minimum Gasteiger partial charge on any atom is -0.360 e. The van der Waals surface area contributed by atoms with Crippen LogP contribution in [-0.4, -0.2) is 19.7 Å². The van der Waals surface area contributed by atoms with Gasteiger partial charge >= 0.3 is 0 Å². The Labute approximate surface area is 149 Å². The fourth-order valence-electron chi connectivity index (χ4n) is 2.83. The zero-order valence-corrected chi connectivity index (χ0v) is 15.0. The van der Waals surface area contributed by atoms with Crippen LogP contribution in [0.5, 0.6) is 0 Å². The Bertz CT molecular complexity index is 1020. The summed E-state index contributed by atoms with van der Waals surface area (Å²) in [5, 5.41) is 10.2. The summed E-state index contributed by atoms with van der Waals surface area (Å²) in [7, 11) is 0. The molecule has 0 aromatic carbocycles. The molecule has 7 heteroatoms. The Kier molecular flexibility index (Phi) is 3.85. The van der Waals surface area contributed by atoms with Crippen molar-refractivity contribution < 1.29 is 4.52 Å². The summed E-state index contributed by atoms with van der Waals surface area (Å²) in [6, 6.07) is 9.80. The highest BCUT2D eigenvalue weighted by molar-refractivity contribution is 7.14. The Hall–Kier alpha value is -2.93. The number of hydrogen-bond donors (Lipinski definition) is 1. The summed E-state index contributed by atoms with van der Waals surface area (Å²) < 4.78 is 7.29.